The molecule has 0 aromatic heterocycles. The molecule has 0 radical (unpaired) electrons. The first-order valence-electron chi connectivity index (χ1n) is 5.91. The maximum absolute atomic E-state index is 9.84. The molecule has 0 spiro atoms. The Balaban J connectivity index is 2.15. The van der Waals surface area contributed by atoms with Crippen LogP contribution in [0.2, 0.25) is 0 Å². The van der Waals surface area contributed by atoms with Crippen molar-refractivity contribution in [1.29, 1.82) is 0 Å². The highest BCUT2D eigenvalue weighted by atomic mass is 16.6. The van der Waals surface area contributed by atoms with Gasteiger partial charge in [-0.05, 0) is 30.1 Å². The molecule has 82 valence electrons. The molecule has 1 saturated carbocycles. The third-order valence-electron chi connectivity index (χ3n) is 4.32. The van der Waals surface area contributed by atoms with Gasteiger partial charge in [-0.3, -0.25) is 0 Å². The lowest BCUT2D eigenvalue weighted by Crippen LogP contribution is -2.38. The summed E-state index contributed by atoms with van der Waals surface area (Å²) in [5.41, 5.74) is 0. The van der Waals surface area contributed by atoms with Crippen molar-refractivity contribution in [2.45, 2.75) is 39.9 Å². The van der Waals surface area contributed by atoms with E-state index in [9.17, 15) is 5.11 Å². The van der Waals surface area contributed by atoms with Crippen molar-refractivity contribution in [3.8, 4) is 0 Å². The summed E-state index contributed by atoms with van der Waals surface area (Å²) >= 11 is 0. The van der Waals surface area contributed by atoms with Crippen LogP contribution in [0.4, 0.5) is 0 Å². The second-order valence-corrected chi connectivity index (χ2v) is 5.43. The number of hydrogen-bond acceptors (Lipinski definition) is 2. The van der Waals surface area contributed by atoms with Crippen molar-refractivity contribution < 1.29 is 9.84 Å². The highest BCUT2D eigenvalue weighted by Gasteiger charge is 2.47. The van der Waals surface area contributed by atoms with Crippen molar-refractivity contribution in [3.63, 3.8) is 0 Å². The molecule has 1 N–H and O–H groups in total. The lowest BCUT2D eigenvalue weighted by molar-refractivity contribution is -0.102. The number of rotatable bonds is 1. The molecule has 1 unspecified atom stereocenters. The number of fused-ring (bicyclic) bond motifs is 1. The smallest absolute Gasteiger partial charge is 0.157 e. The van der Waals surface area contributed by atoms with E-state index in [1.54, 1.807) is 0 Å². The molecule has 2 aliphatic rings. The van der Waals surface area contributed by atoms with Crippen LogP contribution in [0.15, 0.2) is 0 Å². The normalized spacial score (nSPS) is 48.2. The van der Waals surface area contributed by atoms with Crippen LogP contribution >= 0.6 is 0 Å². The fraction of sp³-hybridized carbons (Fsp3) is 1.00. The Morgan fingerprint density at radius 2 is 2.00 bits per heavy atom. The van der Waals surface area contributed by atoms with Crippen LogP contribution < -0.4 is 0 Å². The van der Waals surface area contributed by atoms with Gasteiger partial charge in [0, 0.05) is 5.92 Å². The Morgan fingerprint density at radius 3 is 2.64 bits per heavy atom. The van der Waals surface area contributed by atoms with Gasteiger partial charge in [0.1, 0.15) is 0 Å². The van der Waals surface area contributed by atoms with Crippen molar-refractivity contribution >= 4 is 0 Å². The third kappa shape index (κ3) is 1.59. The van der Waals surface area contributed by atoms with Gasteiger partial charge in [-0.15, -0.1) is 0 Å². The predicted molar refractivity (Wildman–Crippen MR) is 55.7 cm³/mol. The van der Waals surface area contributed by atoms with Gasteiger partial charge in [-0.25, -0.2) is 0 Å². The average Bonchev–Trinajstić information content (AvgIpc) is 2.50. The summed E-state index contributed by atoms with van der Waals surface area (Å²) in [5.74, 6) is 3.07. The zero-order valence-electron chi connectivity index (χ0n) is 9.44. The van der Waals surface area contributed by atoms with Gasteiger partial charge >= 0.3 is 0 Å². The molecule has 1 saturated heterocycles. The molecule has 2 fully saturated rings. The van der Waals surface area contributed by atoms with E-state index in [2.05, 4.69) is 20.8 Å². The number of aliphatic hydroxyl groups is 1. The summed E-state index contributed by atoms with van der Waals surface area (Å²) in [7, 11) is 0. The van der Waals surface area contributed by atoms with Crippen LogP contribution in [0, 0.1) is 29.6 Å². The van der Waals surface area contributed by atoms with Crippen molar-refractivity contribution in [1.82, 2.24) is 0 Å². The first-order valence-corrected chi connectivity index (χ1v) is 5.91. The molecule has 0 bridgehead atoms. The molecule has 0 aromatic rings. The zero-order chi connectivity index (χ0) is 10.3. The monoisotopic (exact) mass is 198 g/mol. The van der Waals surface area contributed by atoms with E-state index in [0.29, 0.717) is 23.7 Å². The molecule has 2 nitrogen and oxygen atoms in total. The maximum atomic E-state index is 9.84. The summed E-state index contributed by atoms with van der Waals surface area (Å²) < 4.78 is 5.41. The first-order chi connectivity index (χ1) is 6.61. The average molecular weight is 198 g/mol. The minimum absolute atomic E-state index is 0.402. The molecule has 2 rings (SSSR count). The predicted octanol–water partition coefficient (Wildman–Crippen LogP) is 2.27. The number of hydrogen-bond donors (Lipinski definition) is 1. The van der Waals surface area contributed by atoms with Crippen LogP contribution in [0.25, 0.3) is 0 Å². The molecule has 1 aliphatic carbocycles. The van der Waals surface area contributed by atoms with E-state index in [-0.39, 0.29) is 0 Å². The van der Waals surface area contributed by atoms with Gasteiger partial charge in [0.15, 0.2) is 6.29 Å². The molecule has 5 atom stereocenters. The van der Waals surface area contributed by atoms with Gasteiger partial charge < -0.3 is 9.84 Å². The topological polar surface area (TPSA) is 29.5 Å². The SMILES string of the molecule is CC(C)[C@H]1CC[C@H](C)[C@@H]2COC(O)[C@@H]21. The molecular weight excluding hydrogens is 176 g/mol. The van der Waals surface area contributed by atoms with Crippen LogP contribution in [-0.2, 0) is 4.74 Å². The summed E-state index contributed by atoms with van der Waals surface area (Å²) in [5, 5.41) is 9.84. The first kappa shape index (κ1) is 10.4. The Bertz CT molecular complexity index is 202. The van der Waals surface area contributed by atoms with Crippen molar-refractivity contribution in [3.05, 3.63) is 0 Å². The molecule has 1 heterocycles. The maximum Gasteiger partial charge on any atom is 0.157 e. The highest BCUT2D eigenvalue weighted by molar-refractivity contribution is 4.91. The summed E-state index contributed by atoms with van der Waals surface area (Å²) in [6.45, 7) is 7.61. The Kier molecular flexibility index (Phi) is 2.85. The molecule has 1 aliphatic heterocycles. The lowest BCUT2D eigenvalue weighted by Gasteiger charge is -2.39. The van der Waals surface area contributed by atoms with Gasteiger partial charge in [-0.1, -0.05) is 27.2 Å². The molecule has 0 amide bonds. The van der Waals surface area contributed by atoms with E-state index in [1.807, 2.05) is 0 Å². The van der Waals surface area contributed by atoms with Gasteiger partial charge in [0.25, 0.3) is 0 Å². The zero-order valence-corrected chi connectivity index (χ0v) is 9.44. The van der Waals surface area contributed by atoms with E-state index in [4.69, 9.17) is 4.74 Å². The van der Waals surface area contributed by atoms with Gasteiger partial charge in [0.2, 0.25) is 0 Å². The number of ether oxygens (including phenoxy) is 1. The van der Waals surface area contributed by atoms with E-state index < -0.39 is 6.29 Å². The lowest BCUT2D eigenvalue weighted by atomic mass is 9.65. The Morgan fingerprint density at radius 1 is 1.29 bits per heavy atom. The van der Waals surface area contributed by atoms with E-state index >= 15 is 0 Å². The summed E-state index contributed by atoms with van der Waals surface area (Å²) in [6.07, 6.45) is 2.08. The fourth-order valence-electron chi connectivity index (χ4n) is 3.36. The van der Waals surface area contributed by atoms with Crippen LogP contribution in [-0.4, -0.2) is 18.0 Å². The Labute approximate surface area is 86.6 Å². The molecule has 2 heteroatoms. The van der Waals surface area contributed by atoms with Crippen LogP contribution in [0.1, 0.15) is 33.6 Å². The largest absolute Gasteiger partial charge is 0.368 e. The van der Waals surface area contributed by atoms with Crippen molar-refractivity contribution in [2.24, 2.45) is 29.6 Å². The standard InChI is InChI=1S/C12H22O2/c1-7(2)9-5-4-8(3)10-6-14-12(13)11(9)10/h7-13H,4-6H2,1-3H3/t8-,9+,10-,11+,12?/m0/s1. The molecule has 0 aromatic carbocycles. The molecular formula is C12H22O2. The Hall–Kier alpha value is -0.0800. The second kappa shape index (κ2) is 3.82. The minimum Gasteiger partial charge on any atom is -0.368 e. The molecule has 14 heavy (non-hydrogen) atoms. The minimum atomic E-state index is -0.491. The second-order valence-electron chi connectivity index (χ2n) is 5.43. The number of aliphatic hydroxyl groups excluding tert-OH is 1. The third-order valence-corrected chi connectivity index (χ3v) is 4.32. The van der Waals surface area contributed by atoms with E-state index in [1.165, 1.54) is 12.8 Å². The van der Waals surface area contributed by atoms with Crippen LogP contribution in [0.5, 0.6) is 0 Å². The summed E-state index contributed by atoms with van der Waals surface area (Å²) in [4.78, 5) is 0. The highest BCUT2D eigenvalue weighted by Crippen LogP contribution is 2.47. The van der Waals surface area contributed by atoms with Crippen molar-refractivity contribution in [2.75, 3.05) is 6.61 Å². The van der Waals surface area contributed by atoms with Crippen LogP contribution in [0.3, 0.4) is 0 Å². The fourth-order valence-corrected chi connectivity index (χ4v) is 3.36. The van der Waals surface area contributed by atoms with Gasteiger partial charge in [-0.2, -0.15) is 0 Å². The van der Waals surface area contributed by atoms with Gasteiger partial charge in [0.05, 0.1) is 6.61 Å². The quantitative estimate of drug-likeness (QED) is 0.700. The van der Waals surface area contributed by atoms with E-state index in [0.717, 1.165) is 12.5 Å². The summed E-state index contributed by atoms with van der Waals surface area (Å²) in [6, 6.07) is 0.